The first-order valence-corrected chi connectivity index (χ1v) is 5.74. The maximum Gasteiger partial charge on any atom is 0.174 e. The van der Waals surface area contributed by atoms with E-state index in [1.807, 2.05) is 13.8 Å². The summed E-state index contributed by atoms with van der Waals surface area (Å²) in [6.45, 7) is 7.40. The van der Waals surface area contributed by atoms with Crippen LogP contribution in [0.2, 0.25) is 0 Å². The number of hydrogen-bond donors (Lipinski definition) is 2. The van der Waals surface area contributed by atoms with Crippen LogP contribution in [0.5, 0.6) is 0 Å². The summed E-state index contributed by atoms with van der Waals surface area (Å²) in [5, 5.41) is 3.11. The highest BCUT2D eigenvalue weighted by Crippen LogP contribution is 2.08. The van der Waals surface area contributed by atoms with Crippen molar-refractivity contribution in [3.05, 3.63) is 11.9 Å². The van der Waals surface area contributed by atoms with Gasteiger partial charge in [-0.3, -0.25) is 0 Å². The van der Waals surface area contributed by atoms with Gasteiger partial charge >= 0.3 is 0 Å². The van der Waals surface area contributed by atoms with E-state index in [0.29, 0.717) is 37.2 Å². The van der Waals surface area contributed by atoms with Crippen LogP contribution in [0.3, 0.4) is 0 Å². The zero-order valence-corrected chi connectivity index (χ0v) is 10.6. The molecule has 1 rings (SSSR count). The predicted octanol–water partition coefficient (Wildman–Crippen LogP) is 1.18. The van der Waals surface area contributed by atoms with Crippen LogP contribution in [0.15, 0.2) is 6.07 Å². The van der Waals surface area contributed by atoms with E-state index in [1.165, 1.54) is 0 Å². The molecule has 0 aliphatic heterocycles. The van der Waals surface area contributed by atoms with Gasteiger partial charge in [0, 0.05) is 19.3 Å². The Bertz CT molecular complexity index is 320. The minimum atomic E-state index is -0.276. The minimum absolute atomic E-state index is 0.276. The summed E-state index contributed by atoms with van der Waals surface area (Å²) in [5.74, 6) is 1.76. The Kier molecular flexibility index (Phi) is 5.65. The first-order valence-electron chi connectivity index (χ1n) is 5.74. The Morgan fingerprint density at radius 2 is 1.94 bits per heavy atom. The van der Waals surface area contributed by atoms with Gasteiger partial charge in [0.2, 0.25) is 0 Å². The lowest BCUT2D eigenvalue weighted by atomic mass is 10.4. The number of anilines is 2. The summed E-state index contributed by atoms with van der Waals surface area (Å²) in [6.07, 6.45) is -0.276. The Morgan fingerprint density at radius 3 is 2.47 bits per heavy atom. The lowest BCUT2D eigenvalue weighted by Gasteiger charge is -2.17. The van der Waals surface area contributed by atoms with Crippen molar-refractivity contribution in [1.82, 2.24) is 9.97 Å². The zero-order chi connectivity index (χ0) is 12.7. The molecule has 0 saturated carbocycles. The van der Waals surface area contributed by atoms with Crippen LogP contribution in [0.4, 0.5) is 11.6 Å². The number of nitrogens with one attached hydrogen (secondary N) is 1. The van der Waals surface area contributed by atoms with Crippen LogP contribution in [0.1, 0.15) is 19.7 Å². The molecule has 0 bridgehead atoms. The van der Waals surface area contributed by atoms with E-state index in [-0.39, 0.29) is 6.29 Å². The van der Waals surface area contributed by atoms with Crippen LogP contribution in [-0.4, -0.2) is 36.0 Å². The van der Waals surface area contributed by atoms with Gasteiger partial charge < -0.3 is 20.5 Å². The number of nitrogens with two attached hydrogens (primary N) is 1. The Hall–Kier alpha value is -1.40. The molecule has 0 atom stereocenters. The first kappa shape index (κ1) is 13.7. The molecular formula is C11H20N4O2. The lowest BCUT2D eigenvalue weighted by molar-refractivity contribution is -0.126. The van der Waals surface area contributed by atoms with E-state index in [1.54, 1.807) is 13.0 Å². The molecule has 6 nitrogen and oxygen atoms in total. The fourth-order valence-electron chi connectivity index (χ4n) is 1.41. The fraction of sp³-hybridized carbons (Fsp3) is 0.636. The zero-order valence-electron chi connectivity index (χ0n) is 10.6. The van der Waals surface area contributed by atoms with Crippen LogP contribution in [0.25, 0.3) is 0 Å². The molecule has 3 N–H and O–H groups in total. The molecule has 0 radical (unpaired) electrons. The normalized spacial score (nSPS) is 10.8. The van der Waals surface area contributed by atoms with Gasteiger partial charge in [-0.1, -0.05) is 0 Å². The Balaban J connectivity index is 2.52. The first-order chi connectivity index (χ1) is 8.15. The van der Waals surface area contributed by atoms with Crippen molar-refractivity contribution >= 4 is 11.6 Å². The van der Waals surface area contributed by atoms with Crippen LogP contribution in [0, 0.1) is 6.92 Å². The van der Waals surface area contributed by atoms with Gasteiger partial charge in [0.15, 0.2) is 6.29 Å². The molecule has 0 aliphatic carbocycles. The quantitative estimate of drug-likeness (QED) is 0.696. The average Bonchev–Trinajstić information content (AvgIpc) is 2.25. The summed E-state index contributed by atoms with van der Waals surface area (Å²) in [5.41, 5.74) is 5.63. The maximum atomic E-state index is 5.63. The summed E-state index contributed by atoms with van der Waals surface area (Å²) >= 11 is 0. The lowest BCUT2D eigenvalue weighted by Crippen LogP contribution is -2.26. The molecule has 0 saturated heterocycles. The average molecular weight is 240 g/mol. The number of aryl methyl sites for hydroxylation is 1. The number of nitrogens with zero attached hydrogens (tertiary/aromatic N) is 2. The fourth-order valence-corrected chi connectivity index (χ4v) is 1.41. The molecule has 0 unspecified atom stereocenters. The maximum absolute atomic E-state index is 5.63. The van der Waals surface area contributed by atoms with Crippen LogP contribution < -0.4 is 11.1 Å². The van der Waals surface area contributed by atoms with E-state index >= 15 is 0 Å². The van der Waals surface area contributed by atoms with Crippen molar-refractivity contribution < 1.29 is 9.47 Å². The summed E-state index contributed by atoms with van der Waals surface area (Å²) in [4.78, 5) is 8.21. The van der Waals surface area contributed by atoms with E-state index in [9.17, 15) is 0 Å². The van der Waals surface area contributed by atoms with E-state index in [0.717, 1.165) is 0 Å². The van der Waals surface area contributed by atoms with Crippen molar-refractivity contribution in [2.75, 3.05) is 30.8 Å². The third-order valence-corrected chi connectivity index (χ3v) is 2.01. The molecule has 17 heavy (non-hydrogen) atoms. The topological polar surface area (TPSA) is 82.3 Å². The Labute approximate surface area is 102 Å². The molecule has 0 aromatic carbocycles. The number of ether oxygens (including phenoxy) is 2. The number of aromatic nitrogens is 2. The van der Waals surface area contributed by atoms with Gasteiger partial charge in [0.05, 0.1) is 6.54 Å². The number of hydrogen-bond acceptors (Lipinski definition) is 6. The summed E-state index contributed by atoms with van der Waals surface area (Å²) < 4.78 is 10.8. The molecule has 1 aromatic heterocycles. The highest BCUT2D eigenvalue weighted by atomic mass is 16.7. The largest absolute Gasteiger partial charge is 0.384 e. The van der Waals surface area contributed by atoms with Crippen molar-refractivity contribution in [2.24, 2.45) is 0 Å². The molecule has 6 heteroatoms. The second kappa shape index (κ2) is 7.03. The molecule has 0 aliphatic rings. The summed E-state index contributed by atoms with van der Waals surface area (Å²) in [7, 11) is 0. The van der Waals surface area contributed by atoms with E-state index in [2.05, 4.69) is 15.3 Å². The predicted molar refractivity (Wildman–Crippen MR) is 66.7 cm³/mol. The SMILES string of the molecule is CCOC(CNc1cc(N)nc(C)n1)OCC. The molecular weight excluding hydrogens is 220 g/mol. The Morgan fingerprint density at radius 1 is 1.29 bits per heavy atom. The molecule has 0 fully saturated rings. The van der Waals surface area contributed by atoms with Crippen LogP contribution >= 0.6 is 0 Å². The number of nitrogen functional groups attached to an aromatic ring is 1. The van der Waals surface area contributed by atoms with Crippen LogP contribution in [-0.2, 0) is 9.47 Å². The van der Waals surface area contributed by atoms with Gasteiger partial charge in [-0.2, -0.15) is 0 Å². The molecule has 1 aromatic rings. The standard InChI is InChI=1S/C11H20N4O2/c1-4-16-11(17-5-2)7-13-10-6-9(12)14-8(3)15-10/h6,11H,4-5,7H2,1-3H3,(H3,12,13,14,15). The highest BCUT2D eigenvalue weighted by molar-refractivity contribution is 5.44. The van der Waals surface area contributed by atoms with E-state index in [4.69, 9.17) is 15.2 Å². The third-order valence-electron chi connectivity index (χ3n) is 2.01. The van der Waals surface area contributed by atoms with Crippen molar-refractivity contribution in [3.8, 4) is 0 Å². The van der Waals surface area contributed by atoms with Gasteiger partial charge in [0.1, 0.15) is 17.5 Å². The molecule has 0 amide bonds. The van der Waals surface area contributed by atoms with Crippen molar-refractivity contribution in [3.63, 3.8) is 0 Å². The van der Waals surface area contributed by atoms with Gasteiger partial charge in [-0.05, 0) is 20.8 Å². The molecule has 1 heterocycles. The van der Waals surface area contributed by atoms with Crippen molar-refractivity contribution in [2.45, 2.75) is 27.1 Å². The highest BCUT2D eigenvalue weighted by Gasteiger charge is 2.08. The summed E-state index contributed by atoms with van der Waals surface area (Å²) in [6, 6.07) is 1.68. The monoisotopic (exact) mass is 240 g/mol. The second-order valence-corrected chi connectivity index (χ2v) is 3.45. The number of rotatable bonds is 7. The third kappa shape index (κ3) is 4.97. The second-order valence-electron chi connectivity index (χ2n) is 3.45. The van der Waals surface area contributed by atoms with Gasteiger partial charge in [-0.25, -0.2) is 9.97 Å². The van der Waals surface area contributed by atoms with Gasteiger partial charge in [-0.15, -0.1) is 0 Å². The smallest absolute Gasteiger partial charge is 0.174 e. The molecule has 96 valence electrons. The molecule has 0 spiro atoms. The minimum Gasteiger partial charge on any atom is -0.384 e. The van der Waals surface area contributed by atoms with Crippen molar-refractivity contribution in [1.29, 1.82) is 0 Å². The van der Waals surface area contributed by atoms with E-state index < -0.39 is 0 Å². The van der Waals surface area contributed by atoms with Gasteiger partial charge in [0.25, 0.3) is 0 Å².